The highest BCUT2D eigenvalue weighted by molar-refractivity contribution is 7.94. The zero-order valence-electron chi connectivity index (χ0n) is 7.39. The fourth-order valence-corrected chi connectivity index (χ4v) is 2.67. The smallest absolute Gasteiger partial charge is 0.0449 e. The van der Waals surface area contributed by atoms with Gasteiger partial charge in [0, 0.05) is 24.4 Å². The second-order valence-electron chi connectivity index (χ2n) is 4.24. The van der Waals surface area contributed by atoms with Crippen LogP contribution in [0.4, 0.5) is 3.89 Å². The van der Waals surface area contributed by atoms with Crippen molar-refractivity contribution >= 4 is 12.1 Å². The minimum Gasteiger partial charge on any atom is -0.303 e. The first kappa shape index (κ1) is 8.82. The van der Waals surface area contributed by atoms with Gasteiger partial charge < -0.3 is 4.90 Å². The Bertz CT molecular complexity index is 153. The summed E-state index contributed by atoms with van der Waals surface area (Å²) in [5.41, 5.74) is 0.379. The van der Waals surface area contributed by atoms with E-state index >= 15 is 0 Å². The lowest BCUT2D eigenvalue weighted by Gasteiger charge is -2.21. The van der Waals surface area contributed by atoms with E-state index in [-0.39, 0.29) is 0 Å². The van der Waals surface area contributed by atoms with Crippen molar-refractivity contribution < 1.29 is 3.89 Å². The Kier molecular flexibility index (Phi) is 2.60. The summed E-state index contributed by atoms with van der Waals surface area (Å²) in [5.74, 6) is 0.726. The molecule has 1 heterocycles. The molecule has 0 radical (unpaired) electrons. The average Bonchev–Trinajstić information content (AvgIpc) is 2.63. The zero-order valence-corrected chi connectivity index (χ0v) is 8.21. The Labute approximate surface area is 78.0 Å². The van der Waals surface area contributed by atoms with Gasteiger partial charge in [0.1, 0.15) is 0 Å². The van der Waals surface area contributed by atoms with Crippen LogP contribution < -0.4 is 0 Å². The highest BCUT2D eigenvalue weighted by atomic mass is 32.2. The van der Waals surface area contributed by atoms with E-state index in [2.05, 4.69) is 4.90 Å². The molecule has 0 aromatic rings. The summed E-state index contributed by atoms with van der Waals surface area (Å²) < 4.78 is 12.1. The minimum atomic E-state index is 0.379. The standard InChI is InChI=1S/C9H16FNS/c10-12-8-9(3-4-9)7-11-5-1-2-6-11/h1-8H2. The summed E-state index contributed by atoms with van der Waals surface area (Å²) in [6.07, 6.45) is 5.19. The normalized spacial score (nSPS) is 27.8. The molecule has 1 saturated carbocycles. The molecule has 0 atom stereocenters. The van der Waals surface area contributed by atoms with E-state index in [1.54, 1.807) is 0 Å². The fourth-order valence-electron chi connectivity index (χ4n) is 2.06. The Morgan fingerprint density at radius 1 is 1.25 bits per heavy atom. The van der Waals surface area contributed by atoms with Crippen LogP contribution in [0.5, 0.6) is 0 Å². The fraction of sp³-hybridized carbons (Fsp3) is 1.00. The van der Waals surface area contributed by atoms with Crippen LogP contribution in [0.2, 0.25) is 0 Å². The van der Waals surface area contributed by atoms with Crippen molar-refractivity contribution in [3.8, 4) is 0 Å². The van der Waals surface area contributed by atoms with Crippen LogP contribution in [0.25, 0.3) is 0 Å². The van der Waals surface area contributed by atoms with Crippen molar-refractivity contribution in [3.05, 3.63) is 0 Å². The van der Waals surface area contributed by atoms with E-state index in [0.717, 1.165) is 12.3 Å². The van der Waals surface area contributed by atoms with Crippen molar-refractivity contribution in [2.45, 2.75) is 25.7 Å². The largest absolute Gasteiger partial charge is 0.303 e. The van der Waals surface area contributed by atoms with Crippen molar-refractivity contribution in [1.29, 1.82) is 0 Å². The van der Waals surface area contributed by atoms with Crippen LogP contribution in [0, 0.1) is 5.41 Å². The molecule has 0 unspecified atom stereocenters. The summed E-state index contributed by atoms with van der Waals surface area (Å²) >= 11 is 0.528. The summed E-state index contributed by atoms with van der Waals surface area (Å²) in [6.45, 7) is 3.65. The number of rotatable bonds is 4. The monoisotopic (exact) mass is 189 g/mol. The molecule has 0 N–H and O–H groups in total. The van der Waals surface area contributed by atoms with Gasteiger partial charge in [-0.25, -0.2) is 0 Å². The molecule has 1 aliphatic heterocycles. The first-order valence-corrected chi connectivity index (χ1v) is 5.69. The van der Waals surface area contributed by atoms with Crippen LogP contribution in [0.15, 0.2) is 0 Å². The van der Waals surface area contributed by atoms with E-state index in [1.165, 1.54) is 38.8 Å². The maximum absolute atomic E-state index is 12.1. The van der Waals surface area contributed by atoms with Crippen molar-refractivity contribution in [2.24, 2.45) is 5.41 Å². The molecule has 0 spiro atoms. The molecular weight excluding hydrogens is 173 g/mol. The summed E-state index contributed by atoms with van der Waals surface area (Å²) in [4.78, 5) is 2.50. The van der Waals surface area contributed by atoms with E-state index in [1.807, 2.05) is 0 Å². The molecule has 1 aliphatic carbocycles. The quantitative estimate of drug-likeness (QED) is 0.668. The van der Waals surface area contributed by atoms with E-state index in [0.29, 0.717) is 17.6 Å². The molecule has 1 saturated heterocycles. The van der Waals surface area contributed by atoms with Crippen LogP contribution in [0.3, 0.4) is 0 Å². The predicted molar refractivity (Wildman–Crippen MR) is 50.9 cm³/mol. The van der Waals surface area contributed by atoms with Gasteiger partial charge in [-0.3, -0.25) is 0 Å². The van der Waals surface area contributed by atoms with E-state index in [4.69, 9.17) is 0 Å². The van der Waals surface area contributed by atoms with Gasteiger partial charge in [-0.05, 0) is 44.2 Å². The molecule has 2 fully saturated rings. The summed E-state index contributed by atoms with van der Waals surface area (Å²) in [5, 5.41) is 0. The second-order valence-corrected chi connectivity index (χ2v) is 4.74. The number of likely N-dealkylation sites (tertiary alicyclic amines) is 1. The minimum absolute atomic E-state index is 0.379. The highest BCUT2D eigenvalue weighted by Crippen LogP contribution is 2.49. The Morgan fingerprint density at radius 3 is 2.42 bits per heavy atom. The Balaban J connectivity index is 1.77. The van der Waals surface area contributed by atoms with Crippen molar-refractivity contribution in [3.63, 3.8) is 0 Å². The summed E-state index contributed by atoms with van der Waals surface area (Å²) in [7, 11) is 0. The molecule has 2 aliphatic rings. The average molecular weight is 189 g/mol. The lowest BCUT2D eigenvalue weighted by Crippen LogP contribution is -2.28. The van der Waals surface area contributed by atoms with Gasteiger partial charge in [0.2, 0.25) is 0 Å². The SMILES string of the molecule is FSCC1(CN2CCCC2)CC1. The number of nitrogens with zero attached hydrogens (tertiary/aromatic N) is 1. The third-order valence-corrected chi connectivity index (χ3v) is 3.80. The number of halogens is 1. The molecule has 2 rings (SSSR count). The molecular formula is C9H16FNS. The van der Waals surface area contributed by atoms with Gasteiger partial charge >= 0.3 is 0 Å². The van der Waals surface area contributed by atoms with Crippen LogP contribution >= 0.6 is 12.1 Å². The Morgan fingerprint density at radius 2 is 1.92 bits per heavy atom. The Hall–Kier alpha value is 0.240. The maximum Gasteiger partial charge on any atom is 0.0449 e. The van der Waals surface area contributed by atoms with Gasteiger partial charge in [0.05, 0.1) is 0 Å². The third kappa shape index (κ3) is 1.94. The lowest BCUT2D eigenvalue weighted by atomic mass is 10.1. The van der Waals surface area contributed by atoms with Gasteiger partial charge in [0.15, 0.2) is 0 Å². The van der Waals surface area contributed by atoms with Crippen LogP contribution in [0.1, 0.15) is 25.7 Å². The molecule has 3 heteroatoms. The zero-order chi connectivity index (χ0) is 8.44. The molecule has 0 aromatic heterocycles. The van der Waals surface area contributed by atoms with Crippen molar-refractivity contribution in [2.75, 3.05) is 25.4 Å². The molecule has 0 amide bonds. The predicted octanol–water partition coefficient (Wildman–Crippen LogP) is 2.48. The van der Waals surface area contributed by atoms with Crippen LogP contribution in [-0.4, -0.2) is 30.3 Å². The van der Waals surface area contributed by atoms with Crippen molar-refractivity contribution in [1.82, 2.24) is 4.90 Å². The first-order chi connectivity index (χ1) is 5.85. The lowest BCUT2D eigenvalue weighted by molar-refractivity contribution is 0.279. The molecule has 12 heavy (non-hydrogen) atoms. The van der Waals surface area contributed by atoms with Crippen LogP contribution in [-0.2, 0) is 0 Å². The number of hydrogen-bond donors (Lipinski definition) is 0. The third-order valence-electron chi connectivity index (χ3n) is 3.08. The molecule has 0 bridgehead atoms. The second kappa shape index (κ2) is 3.54. The van der Waals surface area contributed by atoms with Gasteiger partial charge in [-0.15, -0.1) is 0 Å². The maximum atomic E-state index is 12.1. The number of hydrogen-bond acceptors (Lipinski definition) is 2. The highest BCUT2D eigenvalue weighted by Gasteiger charge is 2.44. The van der Waals surface area contributed by atoms with E-state index in [9.17, 15) is 3.89 Å². The molecule has 70 valence electrons. The first-order valence-electron chi connectivity index (χ1n) is 4.81. The molecule has 0 aromatic carbocycles. The van der Waals surface area contributed by atoms with Gasteiger partial charge in [-0.2, -0.15) is 3.89 Å². The van der Waals surface area contributed by atoms with Gasteiger partial charge in [-0.1, -0.05) is 0 Å². The summed E-state index contributed by atoms with van der Waals surface area (Å²) in [6, 6.07) is 0. The molecule has 1 nitrogen and oxygen atoms in total. The van der Waals surface area contributed by atoms with E-state index < -0.39 is 0 Å². The van der Waals surface area contributed by atoms with Gasteiger partial charge in [0.25, 0.3) is 0 Å². The topological polar surface area (TPSA) is 3.24 Å².